The summed E-state index contributed by atoms with van der Waals surface area (Å²) in [6, 6.07) is 0.446. The first-order valence-corrected chi connectivity index (χ1v) is 7.28. The fraction of sp³-hybridized carbons (Fsp3) is 0.929. The van der Waals surface area contributed by atoms with Crippen LogP contribution in [0.2, 0.25) is 0 Å². The first kappa shape index (κ1) is 14.5. The van der Waals surface area contributed by atoms with E-state index in [1.54, 1.807) is 0 Å². The van der Waals surface area contributed by atoms with Gasteiger partial charge in [-0.3, -0.25) is 4.79 Å². The predicted octanol–water partition coefficient (Wildman–Crippen LogP) is 2.56. The highest BCUT2D eigenvalue weighted by molar-refractivity contribution is 5.76. The first-order chi connectivity index (χ1) is 8.26. The van der Waals surface area contributed by atoms with Crippen molar-refractivity contribution in [2.45, 2.75) is 64.8 Å². The Kier molecular flexibility index (Phi) is 7.25. The van der Waals surface area contributed by atoms with Crippen LogP contribution in [-0.2, 0) is 4.79 Å². The van der Waals surface area contributed by atoms with Crippen molar-refractivity contribution in [2.24, 2.45) is 0 Å². The zero-order valence-electron chi connectivity index (χ0n) is 11.5. The Labute approximate surface area is 106 Å². The van der Waals surface area contributed by atoms with E-state index in [2.05, 4.69) is 24.1 Å². The van der Waals surface area contributed by atoms with Gasteiger partial charge in [-0.25, -0.2) is 0 Å². The number of carbonyl (C=O) groups excluding carboxylic acids is 1. The van der Waals surface area contributed by atoms with Crippen LogP contribution in [0.15, 0.2) is 0 Å². The normalized spacial score (nSPS) is 18.1. The zero-order chi connectivity index (χ0) is 12.5. The van der Waals surface area contributed by atoms with E-state index in [4.69, 9.17) is 0 Å². The lowest BCUT2D eigenvalue weighted by molar-refractivity contribution is -0.122. The highest BCUT2D eigenvalue weighted by atomic mass is 16.1. The Morgan fingerprint density at radius 3 is 2.24 bits per heavy atom. The molecule has 1 N–H and O–H groups in total. The number of rotatable bonds is 6. The number of nitrogens with zero attached hydrogens (tertiary/aromatic N) is 1. The van der Waals surface area contributed by atoms with Crippen LogP contribution in [-0.4, -0.2) is 36.5 Å². The summed E-state index contributed by atoms with van der Waals surface area (Å²) < 4.78 is 0. The minimum Gasteiger partial charge on any atom is -0.353 e. The van der Waals surface area contributed by atoms with Gasteiger partial charge in [0.25, 0.3) is 0 Å². The molecule has 1 amide bonds. The molecule has 0 heterocycles. The fourth-order valence-electron chi connectivity index (χ4n) is 2.52. The van der Waals surface area contributed by atoms with Crippen LogP contribution in [0.1, 0.15) is 58.8 Å². The van der Waals surface area contributed by atoms with Gasteiger partial charge in [0.15, 0.2) is 0 Å². The fourth-order valence-corrected chi connectivity index (χ4v) is 2.52. The Balaban J connectivity index is 2.18. The van der Waals surface area contributed by atoms with Crippen LogP contribution in [0.5, 0.6) is 0 Å². The number of carbonyl (C=O) groups is 1. The molecule has 0 aromatic heterocycles. The molecule has 0 unspecified atom stereocenters. The Bertz CT molecular complexity index is 206. The molecule has 1 aliphatic carbocycles. The summed E-state index contributed by atoms with van der Waals surface area (Å²) in [5, 5.41) is 3.20. The van der Waals surface area contributed by atoms with Gasteiger partial charge in [0.1, 0.15) is 0 Å². The maximum Gasteiger partial charge on any atom is 0.221 e. The van der Waals surface area contributed by atoms with Gasteiger partial charge >= 0.3 is 0 Å². The van der Waals surface area contributed by atoms with Gasteiger partial charge in [-0.05, 0) is 25.9 Å². The van der Waals surface area contributed by atoms with Gasteiger partial charge in [-0.15, -0.1) is 0 Å². The number of hydrogen-bond donors (Lipinski definition) is 1. The van der Waals surface area contributed by atoms with Crippen LogP contribution < -0.4 is 5.32 Å². The third-order valence-electron chi connectivity index (χ3n) is 3.77. The molecule has 1 saturated carbocycles. The van der Waals surface area contributed by atoms with E-state index in [-0.39, 0.29) is 5.91 Å². The molecule has 0 atom stereocenters. The molecule has 0 saturated heterocycles. The van der Waals surface area contributed by atoms with Crippen molar-refractivity contribution >= 4 is 5.91 Å². The van der Waals surface area contributed by atoms with E-state index in [0.29, 0.717) is 12.5 Å². The van der Waals surface area contributed by atoms with Crippen molar-refractivity contribution in [1.82, 2.24) is 10.2 Å². The zero-order valence-corrected chi connectivity index (χ0v) is 11.5. The molecule has 1 rings (SSSR count). The lowest BCUT2D eigenvalue weighted by atomic mass is 10.1. The minimum atomic E-state index is 0.240. The SMILES string of the molecule is CCN(CC)CCC(=O)NC1CCCCCC1. The molecule has 1 fully saturated rings. The van der Waals surface area contributed by atoms with Gasteiger partial charge in [-0.2, -0.15) is 0 Å². The highest BCUT2D eigenvalue weighted by Crippen LogP contribution is 2.17. The Hall–Kier alpha value is -0.570. The van der Waals surface area contributed by atoms with Crippen molar-refractivity contribution < 1.29 is 4.79 Å². The molecule has 0 aromatic rings. The highest BCUT2D eigenvalue weighted by Gasteiger charge is 2.14. The van der Waals surface area contributed by atoms with Crippen molar-refractivity contribution in [3.05, 3.63) is 0 Å². The lowest BCUT2D eigenvalue weighted by Crippen LogP contribution is -2.36. The average Bonchev–Trinajstić information content (AvgIpc) is 2.59. The minimum absolute atomic E-state index is 0.240. The van der Waals surface area contributed by atoms with Gasteiger partial charge < -0.3 is 10.2 Å². The van der Waals surface area contributed by atoms with Crippen molar-refractivity contribution in [3.63, 3.8) is 0 Å². The monoisotopic (exact) mass is 240 g/mol. The van der Waals surface area contributed by atoms with Gasteiger partial charge in [0.05, 0.1) is 0 Å². The van der Waals surface area contributed by atoms with Crippen LogP contribution >= 0.6 is 0 Å². The van der Waals surface area contributed by atoms with Crippen LogP contribution in [0.25, 0.3) is 0 Å². The molecule has 0 aromatic carbocycles. The first-order valence-electron chi connectivity index (χ1n) is 7.28. The summed E-state index contributed by atoms with van der Waals surface area (Å²) in [4.78, 5) is 14.1. The molecule has 3 heteroatoms. The van der Waals surface area contributed by atoms with Crippen LogP contribution in [0.4, 0.5) is 0 Å². The largest absolute Gasteiger partial charge is 0.353 e. The molecule has 17 heavy (non-hydrogen) atoms. The lowest BCUT2D eigenvalue weighted by Gasteiger charge is -2.20. The van der Waals surface area contributed by atoms with Crippen LogP contribution in [0, 0.1) is 0 Å². The van der Waals surface area contributed by atoms with Crippen molar-refractivity contribution in [1.29, 1.82) is 0 Å². The maximum atomic E-state index is 11.8. The topological polar surface area (TPSA) is 32.3 Å². The summed E-state index contributed by atoms with van der Waals surface area (Å²) in [5.74, 6) is 0.240. The summed E-state index contributed by atoms with van der Waals surface area (Å²) in [7, 11) is 0. The average molecular weight is 240 g/mol. The third-order valence-corrected chi connectivity index (χ3v) is 3.77. The third kappa shape index (κ3) is 6.06. The predicted molar refractivity (Wildman–Crippen MR) is 72.0 cm³/mol. The number of hydrogen-bond acceptors (Lipinski definition) is 2. The summed E-state index contributed by atoms with van der Waals surface area (Å²) >= 11 is 0. The second-order valence-electron chi connectivity index (χ2n) is 5.03. The van der Waals surface area contributed by atoms with E-state index in [9.17, 15) is 4.79 Å². The summed E-state index contributed by atoms with van der Waals surface area (Å²) in [5.41, 5.74) is 0. The molecule has 3 nitrogen and oxygen atoms in total. The van der Waals surface area contributed by atoms with E-state index >= 15 is 0 Å². The molecule has 0 spiro atoms. The van der Waals surface area contributed by atoms with Crippen molar-refractivity contribution in [3.8, 4) is 0 Å². The molecule has 1 aliphatic rings. The number of amides is 1. The molecular formula is C14H28N2O. The maximum absolute atomic E-state index is 11.8. The van der Waals surface area contributed by atoms with Gasteiger partial charge in [0.2, 0.25) is 5.91 Å². The molecular weight excluding hydrogens is 212 g/mol. The Morgan fingerprint density at radius 2 is 1.71 bits per heavy atom. The smallest absolute Gasteiger partial charge is 0.221 e. The Morgan fingerprint density at radius 1 is 1.12 bits per heavy atom. The quantitative estimate of drug-likeness (QED) is 0.724. The molecule has 100 valence electrons. The van der Waals surface area contributed by atoms with E-state index in [0.717, 1.165) is 19.6 Å². The van der Waals surface area contributed by atoms with Crippen LogP contribution in [0.3, 0.4) is 0 Å². The second-order valence-corrected chi connectivity index (χ2v) is 5.03. The van der Waals surface area contributed by atoms with E-state index in [1.807, 2.05) is 0 Å². The van der Waals surface area contributed by atoms with Crippen molar-refractivity contribution in [2.75, 3.05) is 19.6 Å². The van der Waals surface area contributed by atoms with E-state index in [1.165, 1.54) is 38.5 Å². The van der Waals surface area contributed by atoms with E-state index < -0.39 is 0 Å². The summed E-state index contributed by atoms with van der Waals surface area (Å²) in [6.45, 7) is 7.26. The van der Waals surface area contributed by atoms with Gasteiger partial charge in [-0.1, -0.05) is 39.5 Å². The summed E-state index contributed by atoms with van der Waals surface area (Å²) in [6.07, 6.45) is 8.24. The molecule has 0 radical (unpaired) electrons. The molecule has 0 aliphatic heterocycles. The number of nitrogens with one attached hydrogen (secondary N) is 1. The van der Waals surface area contributed by atoms with Gasteiger partial charge in [0, 0.05) is 19.0 Å². The molecule has 0 bridgehead atoms. The standard InChI is InChI=1S/C14H28N2O/c1-3-16(4-2)12-11-14(17)15-13-9-7-5-6-8-10-13/h13H,3-12H2,1-2H3,(H,15,17). The second kappa shape index (κ2) is 8.51.